The van der Waals surface area contributed by atoms with Crippen molar-refractivity contribution >= 4 is 33.4 Å². The van der Waals surface area contributed by atoms with Gasteiger partial charge in [0.2, 0.25) is 5.91 Å². The average Bonchev–Trinajstić information content (AvgIpc) is 2.43. The molecule has 6 nitrogen and oxygen atoms in total. The summed E-state index contributed by atoms with van der Waals surface area (Å²) < 4.78 is 29.0. The quantitative estimate of drug-likeness (QED) is 0.227. The van der Waals surface area contributed by atoms with Crippen LogP contribution in [0.3, 0.4) is 0 Å². The molecule has 0 saturated carbocycles. The van der Waals surface area contributed by atoms with Crippen molar-refractivity contribution in [1.29, 1.82) is 0 Å². The summed E-state index contributed by atoms with van der Waals surface area (Å²) in [7, 11) is 0. The molecular formula is C12H14BrF2N3O3. The van der Waals surface area contributed by atoms with Crippen LogP contribution in [0, 0.1) is 0 Å². The van der Waals surface area contributed by atoms with Gasteiger partial charge in [0.15, 0.2) is 5.84 Å². The van der Waals surface area contributed by atoms with Crippen molar-refractivity contribution in [2.45, 2.75) is 12.8 Å². The molecule has 4 N–H and O–H groups in total. The van der Waals surface area contributed by atoms with Crippen LogP contribution in [0.1, 0.15) is 12.0 Å². The lowest BCUT2D eigenvalue weighted by Gasteiger charge is -2.11. The number of nitrogens with zero attached hydrogens (tertiary/aromatic N) is 1. The molecule has 1 aromatic rings. The van der Waals surface area contributed by atoms with Gasteiger partial charge in [-0.15, -0.1) is 0 Å². The average molecular weight is 366 g/mol. The molecule has 9 heteroatoms. The van der Waals surface area contributed by atoms with E-state index in [1.165, 1.54) is 0 Å². The second-order valence-electron chi connectivity index (χ2n) is 3.94. The Bertz CT molecular complexity index is 526. The maximum atomic E-state index is 11.8. The van der Waals surface area contributed by atoms with Gasteiger partial charge >= 0.3 is 0 Å². The minimum Gasteiger partial charge on any atom is -0.409 e. The Balaban J connectivity index is 2.65. The maximum absolute atomic E-state index is 11.8. The van der Waals surface area contributed by atoms with E-state index in [1.807, 2.05) is 0 Å². The van der Waals surface area contributed by atoms with Gasteiger partial charge in [-0.2, -0.15) is 0 Å². The summed E-state index contributed by atoms with van der Waals surface area (Å²) in [4.78, 5) is 11.7. The first-order valence-corrected chi connectivity index (χ1v) is 6.66. The number of nitrogens with two attached hydrogens (primary N) is 1. The largest absolute Gasteiger partial charge is 0.409 e. The molecule has 0 spiro atoms. The number of hydrogen-bond donors (Lipinski definition) is 3. The van der Waals surface area contributed by atoms with E-state index in [9.17, 15) is 13.6 Å². The molecule has 0 aliphatic carbocycles. The summed E-state index contributed by atoms with van der Waals surface area (Å²) in [6, 6.07) is 4.79. The summed E-state index contributed by atoms with van der Waals surface area (Å²) in [5.41, 5.74) is 6.17. The second-order valence-corrected chi connectivity index (χ2v) is 4.85. The molecule has 0 aliphatic heterocycles. The second kappa shape index (κ2) is 8.53. The molecule has 0 bridgehead atoms. The van der Waals surface area contributed by atoms with Crippen LogP contribution < -0.4 is 11.1 Å². The van der Waals surface area contributed by atoms with Gasteiger partial charge in [-0.3, -0.25) is 4.79 Å². The fraction of sp³-hybridized carbons (Fsp3) is 0.333. The van der Waals surface area contributed by atoms with Crippen LogP contribution in [-0.4, -0.2) is 36.6 Å². The van der Waals surface area contributed by atoms with Crippen LogP contribution in [0.4, 0.5) is 14.5 Å². The lowest BCUT2D eigenvalue weighted by molar-refractivity contribution is -0.117. The third kappa shape index (κ3) is 6.05. The topological polar surface area (TPSA) is 96.9 Å². The van der Waals surface area contributed by atoms with Crippen molar-refractivity contribution < 1.29 is 23.5 Å². The standard InChI is InChI=1S/C12H14BrF2N3O3/c13-7-1-2-8(12(16)18-20)9(5-7)17-11(19)3-4-21-6-10(14)15/h1-2,5,10,20H,3-4,6H2,(H2,16,18)(H,17,19). The van der Waals surface area contributed by atoms with Crippen LogP contribution in [0.25, 0.3) is 0 Å². The number of halogens is 3. The number of benzene rings is 1. The molecule has 0 aromatic heterocycles. The zero-order chi connectivity index (χ0) is 15.8. The molecule has 0 saturated heterocycles. The Morgan fingerprint density at radius 3 is 2.86 bits per heavy atom. The summed E-state index contributed by atoms with van der Waals surface area (Å²) >= 11 is 3.23. The zero-order valence-corrected chi connectivity index (χ0v) is 12.4. The van der Waals surface area contributed by atoms with Crippen LogP contribution in [-0.2, 0) is 9.53 Å². The highest BCUT2D eigenvalue weighted by Gasteiger charge is 2.11. The summed E-state index contributed by atoms with van der Waals surface area (Å²) in [5.74, 6) is -0.596. The highest BCUT2D eigenvalue weighted by molar-refractivity contribution is 9.10. The summed E-state index contributed by atoms with van der Waals surface area (Å²) in [6.45, 7) is -0.831. The number of ether oxygens (including phenoxy) is 1. The van der Waals surface area contributed by atoms with Crippen molar-refractivity contribution in [1.82, 2.24) is 0 Å². The lowest BCUT2D eigenvalue weighted by Crippen LogP contribution is -2.20. The van der Waals surface area contributed by atoms with Gasteiger partial charge in [0, 0.05) is 10.0 Å². The first-order valence-electron chi connectivity index (χ1n) is 5.87. The van der Waals surface area contributed by atoms with Gasteiger partial charge in [-0.1, -0.05) is 21.1 Å². The smallest absolute Gasteiger partial charge is 0.261 e. The number of nitrogens with one attached hydrogen (secondary N) is 1. The fourth-order valence-corrected chi connectivity index (χ4v) is 1.81. The Morgan fingerprint density at radius 1 is 1.52 bits per heavy atom. The van der Waals surface area contributed by atoms with E-state index < -0.39 is 18.9 Å². The predicted molar refractivity (Wildman–Crippen MR) is 76.7 cm³/mol. The summed E-state index contributed by atoms with van der Waals surface area (Å²) in [5, 5.41) is 14.1. The Kier molecular flexibility index (Phi) is 7.03. The van der Waals surface area contributed by atoms with Gasteiger partial charge in [0.1, 0.15) is 6.61 Å². The predicted octanol–water partition coefficient (Wildman–Crippen LogP) is 2.15. The molecule has 0 atom stereocenters. The van der Waals surface area contributed by atoms with Crippen LogP contribution in [0.15, 0.2) is 27.8 Å². The van der Waals surface area contributed by atoms with Crippen LogP contribution in [0.2, 0.25) is 0 Å². The van der Waals surface area contributed by atoms with Crippen molar-refractivity contribution in [3.63, 3.8) is 0 Å². The van der Waals surface area contributed by atoms with Crippen LogP contribution in [0.5, 0.6) is 0 Å². The molecule has 0 radical (unpaired) electrons. The van der Waals surface area contributed by atoms with Gasteiger partial charge in [0.25, 0.3) is 6.43 Å². The Hall–Kier alpha value is -1.74. The SMILES string of the molecule is N/C(=N/O)c1ccc(Br)cc1NC(=O)CCOCC(F)F. The number of carbonyl (C=O) groups excluding carboxylic acids is 1. The monoisotopic (exact) mass is 365 g/mol. The minimum absolute atomic E-state index is 0.0884. The molecule has 0 aliphatic rings. The van der Waals surface area contributed by atoms with E-state index in [0.717, 1.165) is 0 Å². The van der Waals surface area contributed by atoms with E-state index in [4.69, 9.17) is 10.9 Å². The number of rotatable bonds is 7. The maximum Gasteiger partial charge on any atom is 0.261 e. The molecule has 1 rings (SSSR count). The number of amides is 1. The van der Waals surface area contributed by atoms with Gasteiger partial charge in [0.05, 0.1) is 18.7 Å². The molecule has 116 valence electrons. The van der Waals surface area contributed by atoms with Crippen molar-refractivity contribution in [3.8, 4) is 0 Å². The normalized spacial score (nSPS) is 11.7. The Morgan fingerprint density at radius 2 is 2.24 bits per heavy atom. The van der Waals surface area contributed by atoms with Crippen molar-refractivity contribution in [2.24, 2.45) is 10.9 Å². The zero-order valence-electron chi connectivity index (χ0n) is 10.9. The number of hydrogen-bond acceptors (Lipinski definition) is 4. The lowest BCUT2D eigenvalue weighted by atomic mass is 10.1. The fourth-order valence-electron chi connectivity index (χ4n) is 1.45. The van der Waals surface area contributed by atoms with Crippen molar-refractivity contribution in [2.75, 3.05) is 18.5 Å². The van der Waals surface area contributed by atoms with Crippen LogP contribution >= 0.6 is 15.9 Å². The third-order valence-corrected chi connectivity index (χ3v) is 2.85. The van der Waals surface area contributed by atoms with E-state index in [2.05, 4.69) is 31.1 Å². The number of anilines is 1. The molecular weight excluding hydrogens is 352 g/mol. The molecule has 21 heavy (non-hydrogen) atoms. The summed E-state index contributed by atoms with van der Waals surface area (Å²) in [6.07, 6.45) is -2.65. The van der Waals surface area contributed by atoms with Crippen molar-refractivity contribution in [3.05, 3.63) is 28.2 Å². The molecule has 0 heterocycles. The molecule has 1 aromatic carbocycles. The molecule has 1 amide bonds. The number of amidine groups is 1. The van der Waals surface area contributed by atoms with E-state index >= 15 is 0 Å². The van der Waals surface area contributed by atoms with E-state index in [1.54, 1.807) is 18.2 Å². The highest BCUT2D eigenvalue weighted by Crippen LogP contribution is 2.21. The Labute approximate surface area is 128 Å². The van der Waals surface area contributed by atoms with E-state index in [0.29, 0.717) is 15.7 Å². The first-order chi connectivity index (χ1) is 9.93. The minimum atomic E-state index is -2.56. The highest BCUT2D eigenvalue weighted by atomic mass is 79.9. The number of carbonyl (C=O) groups is 1. The van der Waals surface area contributed by atoms with Gasteiger partial charge in [-0.25, -0.2) is 8.78 Å². The van der Waals surface area contributed by atoms with Gasteiger partial charge < -0.3 is 21.0 Å². The first kappa shape index (κ1) is 17.3. The van der Waals surface area contributed by atoms with Gasteiger partial charge in [-0.05, 0) is 18.2 Å². The number of oxime groups is 1. The van der Waals surface area contributed by atoms with E-state index in [-0.39, 0.29) is 18.9 Å². The number of alkyl halides is 2. The molecule has 0 fully saturated rings. The molecule has 0 unspecified atom stereocenters. The third-order valence-electron chi connectivity index (χ3n) is 2.36.